The van der Waals surface area contributed by atoms with Gasteiger partial charge in [-0.05, 0) is 60.4 Å². The molecule has 0 unspecified atom stereocenters. The van der Waals surface area contributed by atoms with E-state index in [9.17, 15) is 13.2 Å². The summed E-state index contributed by atoms with van der Waals surface area (Å²) in [6.07, 6.45) is 12.9. The van der Waals surface area contributed by atoms with Crippen LogP contribution in [0.5, 0.6) is 0 Å². The normalized spacial score (nSPS) is 17.1. The van der Waals surface area contributed by atoms with Crippen LogP contribution in [0.3, 0.4) is 0 Å². The van der Waals surface area contributed by atoms with Gasteiger partial charge in [0.15, 0.2) is 0 Å². The van der Waals surface area contributed by atoms with Crippen molar-refractivity contribution in [3.63, 3.8) is 0 Å². The molecule has 1 aliphatic heterocycles. The molecule has 210 valence electrons. The predicted octanol–water partition coefficient (Wildman–Crippen LogP) is 6.30. The van der Waals surface area contributed by atoms with Crippen molar-refractivity contribution >= 4 is 23.1 Å². The second-order valence-corrected chi connectivity index (χ2v) is 10.2. The molecule has 41 heavy (non-hydrogen) atoms. The van der Waals surface area contributed by atoms with E-state index in [1.807, 2.05) is 44.2 Å². The van der Waals surface area contributed by atoms with Crippen LogP contribution in [-0.2, 0) is 0 Å². The number of allylic oxidation sites excluding steroid dienone is 4. The summed E-state index contributed by atoms with van der Waals surface area (Å²) in [5.41, 5.74) is 6.52. The summed E-state index contributed by atoms with van der Waals surface area (Å²) in [5.74, 6) is -2.94. The van der Waals surface area contributed by atoms with Gasteiger partial charge in [-0.2, -0.15) is 5.10 Å². The third kappa shape index (κ3) is 6.02. The molecule has 0 spiro atoms. The summed E-state index contributed by atoms with van der Waals surface area (Å²) in [4.78, 5) is 9.55. The lowest BCUT2D eigenvalue weighted by molar-refractivity contribution is 0.0131. The number of aromatic amines is 2. The van der Waals surface area contributed by atoms with Gasteiger partial charge in [0.1, 0.15) is 11.5 Å². The molecule has 0 aliphatic carbocycles. The lowest BCUT2D eigenvalue weighted by Gasteiger charge is -2.16. The molecule has 1 aliphatic rings. The van der Waals surface area contributed by atoms with Crippen LogP contribution >= 0.6 is 0 Å². The lowest BCUT2D eigenvalue weighted by Crippen LogP contribution is -2.26. The Morgan fingerprint density at radius 3 is 2.61 bits per heavy atom. The third-order valence-electron chi connectivity index (χ3n) is 7.34. The third-order valence-corrected chi connectivity index (χ3v) is 7.34. The van der Waals surface area contributed by atoms with E-state index in [2.05, 4.69) is 33.3 Å². The molecular weight excluding hydrogens is 523 g/mol. The van der Waals surface area contributed by atoms with Crippen molar-refractivity contribution in [2.75, 3.05) is 19.6 Å². The highest BCUT2D eigenvalue weighted by Crippen LogP contribution is 2.31. The highest BCUT2D eigenvalue weighted by Gasteiger charge is 2.37. The molecule has 1 saturated heterocycles. The summed E-state index contributed by atoms with van der Waals surface area (Å²) in [6, 6.07) is 8.36. The fraction of sp³-hybridized carbons (Fsp3) is 0.212. The Morgan fingerprint density at radius 1 is 1.17 bits per heavy atom. The van der Waals surface area contributed by atoms with Gasteiger partial charge in [-0.1, -0.05) is 49.6 Å². The van der Waals surface area contributed by atoms with E-state index < -0.39 is 5.92 Å². The van der Waals surface area contributed by atoms with Crippen molar-refractivity contribution in [2.45, 2.75) is 26.2 Å². The number of hydrogen-bond acceptors (Lipinski definition) is 3. The summed E-state index contributed by atoms with van der Waals surface area (Å²) in [7, 11) is 0. The van der Waals surface area contributed by atoms with Gasteiger partial charge < -0.3 is 4.98 Å². The summed E-state index contributed by atoms with van der Waals surface area (Å²) in [6.45, 7) is 12.6. The Hall–Kier alpha value is -4.43. The van der Waals surface area contributed by atoms with Crippen LogP contribution < -0.4 is 10.6 Å². The minimum atomic E-state index is -2.64. The van der Waals surface area contributed by atoms with Gasteiger partial charge >= 0.3 is 0 Å². The number of nitrogens with zero attached hydrogens (tertiary/aromatic N) is 3. The van der Waals surface area contributed by atoms with Crippen LogP contribution in [0.25, 0.3) is 45.6 Å². The highest BCUT2D eigenvalue weighted by atomic mass is 19.3. The topological polar surface area (TPSA) is 60.6 Å². The van der Waals surface area contributed by atoms with E-state index in [1.165, 1.54) is 12.1 Å². The van der Waals surface area contributed by atoms with Crippen molar-refractivity contribution in [3.05, 3.63) is 107 Å². The first-order chi connectivity index (χ1) is 19.7. The molecule has 3 aromatic heterocycles. The first kappa shape index (κ1) is 28.1. The molecule has 0 atom stereocenters. The quantitative estimate of drug-likeness (QED) is 0.251. The molecule has 0 radical (unpaired) electrons. The molecule has 1 fully saturated rings. The van der Waals surface area contributed by atoms with E-state index in [1.54, 1.807) is 35.5 Å². The number of pyridine rings is 1. The maximum absolute atomic E-state index is 13.7. The molecule has 5 rings (SSSR count). The summed E-state index contributed by atoms with van der Waals surface area (Å²) < 4.78 is 40.9. The number of fused-ring (bicyclic) bond motifs is 1. The monoisotopic (exact) mass is 555 g/mol. The Balaban J connectivity index is 1.50. The maximum Gasteiger partial charge on any atom is 0.261 e. The highest BCUT2D eigenvalue weighted by molar-refractivity contribution is 5.97. The molecule has 8 heteroatoms. The van der Waals surface area contributed by atoms with Gasteiger partial charge in [0.2, 0.25) is 0 Å². The number of H-pyrrole nitrogens is 2. The zero-order chi connectivity index (χ0) is 29.1. The van der Waals surface area contributed by atoms with Crippen molar-refractivity contribution in [2.24, 2.45) is 0 Å². The second-order valence-electron chi connectivity index (χ2n) is 10.2. The number of alkyl halides is 2. The zero-order valence-electron chi connectivity index (χ0n) is 23.1. The smallest absolute Gasteiger partial charge is 0.261 e. The molecule has 4 heterocycles. The Kier molecular flexibility index (Phi) is 7.94. The van der Waals surface area contributed by atoms with Gasteiger partial charge in [0.05, 0.1) is 29.3 Å². The van der Waals surface area contributed by atoms with Crippen molar-refractivity contribution < 1.29 is 13.2 Å². The fourth-order valence-electron chi connectivity index (χ4n) is 5.16. The molecular formula is C33H32F3N5. The van der Waals surface area contributed by atoms with Crippen molar-refractivity contribution in [1.82, 2.24) is 25.1 Å². The van der Waals surface area contributed by atoms with E-state index in [0.717, 1.165) is 55.0 Å². The number of nitrogens with one attached hydrogen (secondary N) is 2. The molecule has 4 aromatic rings. The number of aromatic nitrogens is 4. The number of hydrogen-bond donors (Lipinski definition) is 2. The SMILES string of the molecule is C=C/C(=C\C(=C/C)C(=C)/C=c1/c(-c2cc3c(-c4ccc(F)cc4)cncc3[nH]2)n[nH]/c1=C/C)CN1CCC(F)(F)C1. The van der Waals surface area contributed by atoms with E-state index in [4.69, 9.17) is 0 Å². The number of halogens is 3. The minimum absolute atomic E-state index is 0.122. The average molecular weight is 556 g/mol. The second kappa shape index (κ2) is 11.6. The molecule has 0 amide bonds. The first-order valence-corrected chi connectivity index (χ1v) is 13.5. The van der Waals surface area contributed by atoms with Crippen LogP contribution in [0.1, 0.15) is 20.3 Å². The molecule has 5 nitrogen and oxygen atoms in total. The van der Waals surface area contributed by atoms with Crippen LogP contribution in [0, 0.1) is 5.82 Å². The van der Waals surface area contributed by atoms with E-state index >= 15 is 0 Å². The van der Waals surface area contributed by atoms with E-state index in [-0.39, 0.29) is 18.8 Å². The number of likely N-dealkylation sites (tertiary alicyclic amines) is 1. The van der Waals surface area contributed by atoms with E-state index in [0.29, 0.717) is 18.8 Å². The molecule has 2 N–H and O–H groups in total. The lowest BCUT2D eigenvalue weighted by atomic mass is 10.0. The number of rotatable bonds is 8. The minimum Gasteiger partial charge on any atom is -0.352 e. The Bertz CT molecular complexity index is 1790. The van der Waals surface area contributed by atoms with Gasteiger partial charge in [-0.3, -0.25) is 15.0 Å². The predicted molar refractivity (Wildman–Crippen MR) is 160 cm³/mol. The molecule has 0 saturated carbocycles. The zero-order valence-corrected chi connectivity index (χ0v) is 23.1. The van der Waals surface area contributed by atoms with Gasteiger partial charge in [0.25, 0.3) is 5.92 Å². The van der Waals surface area contributed by atoms with Gasteiger partial charge in [-0.25, -0.2) is 13.2 Å². The number of benzene rings is 1. The first-order valence-electron chi connectivity index (χ1n) is 13.5. The van der Waals surface area contributed by atoms with Gasteiger partial charge in [-0.15, -0.1) is 0 Å². The van der Waals surface area contributed by atoms with Crippen LogP contribution in [0.4, 0.5) is 13.2 Å². The summed E-state index contributed by atoms with van der Waals surface area (Å²) >= 11 is 0. The van der Waals surface area contributed by atoms with Gasteiger partial charge in [0, 0.05) is 41.9 Å². The largest absolute Gasteiger partial charge is 0.352 e. The molecule has 0 bridgehead atoms. The summed E-state index contributed by atoms with van der Waals surface area (Å²) in [5, 5.41) is 10.3. The average Bonchev–Trinajstić information content (AvgIpc) is 3.66. The Labute approximate surface area is 236 Å². The van der Waals surface area contributed by atoms with Crippen LogP contribution in [0.2, 0.25) is 0 Å². The maximum atomic E-state index is 13.7. The van der Waals surface area contributed by atoms with Crippen LogP contribution in [-0.4, -0.2) is 50.6 Å². The standard InChI is InChI=1S/C33H32F3N5/c1-5-22(19-41-13-12-33(35,36)20-41)15-23(6-2)21(4)14-27-29(7-3)39-40-32(27)30-16-26-28(17-37-18-31(26)38-30)24-8-10-25(34)11-9-24/h5-11,14-18,38-39H,1,4,12-13,19-20H2,2-3H3/b22-15+,23-6+,27-14+,29-7+. The Morgan fingerprint density at radius 2 is 1.95 bits per heavy atom. The fourth-order valence-corrected chi connectivity index (χ4v) is 5.16. The van der Waals surface area contributed by atoms with Crippen LogP contribution in [0.15, 0.2) is 90.8 Å². The molecule has 1 aromatic carbocycles. The van der Waals surface area contributed by atoms with Crippen molar-refractivity contribution in [3.8, 4) is 22.5 Å². The van der Waals surface area contributed by atoms with Crippen molar-refractivity contribution in [1.29, 1.82) is 0 Å².